The molecule has 2 bridgehead atoms. The van der Waals surface area contributed by atoms with Crippen LogP contribution in [0.5, 0.6) is 11.8 Å². The number of morpholine rings is 1. The number of carboxylic acids is 1. The number of hydrogen-bond acceptors (Lipinski definition) is 5. The molecular weight excluding hydrogens is 360 g/mol. The number of carbonyl (C=O) groups is 1. The van der Waals surface area contributed by atoms with Gasteiger partial charge in [-0.1, -0.05) is 12.2 Å². The van der Waals surface area contributed by atoms with E-state index in [9.17, 15) is 20.1 Å². The molecule has 7 heteroatoms. The summed E-state index contributed by atoms with van der Waals surface area (Å²) in [7, 11) is 0. The van der Waals surface area contributed by atoms with Crippen molar-refractivity contribution in [3.63, 3.8) is 0 Å². The molecule has 2 heterocycles. The van der Waals surface area contributed by atoms with E-state index >= 15 is 0 Å². The van der Waals surface area contributed by atoms with Crippen molar-refractivity contribution in [2.24, 2.45) is 0 Å². The number of benzene rings is 1. The molecule has 2 aromatic rings. The molecule has 1 aliphatic heterocycles. The lowest BCUT2D eigenvalue weighted by Crippen LogP contribution is -2.37. The van der Waals surface area contributed by atoms with Crippen LogP contribution in [0.3, 0.4) is 0 Å². The normalized spacial score (nSPS) is 23.1. The van der Waals surface area contributed by atoms with Gasteiger partial charge in [0.15, 0.2) is 0 Å². The molecule has 0 saturated carbocycles. The predicted octanol–water partition coefficient (Wildman–Crippen LogP) is 2.95. The zero-order valence-electron chi connectivity index (χ0n) is 15.3. The zero-order valence-corrected chi connectivity index (χ0v) is 15.3. The van der Waals surface area contributed by atoms with Crippen LogP contribution in [0, 0.1) is 0 Å². The van der Waals surface area contributed by atoms with Crippen LogP contribution in [0.15, 0.2) is 30.4 Å². The highest BCUT2D eigenvalue weighted by atomic mass is 16.5. The van der Waals surface area contributed by atoms with Gasteiger partial charge in [0.1, 0.15) is 0 Å². The summed E-state index contributed by atoms with van der Waals surface area (Å²) < 4.78 is 6.73. The van der Waals surface area contributed by atoms with E-state index < -0.39 is 5.97 Å². The summed E-state index contributed by atoms with van der Waals surface area (Å²) in [6.45, 7) is 2.37. The Morgan fingerprint density at radius 3 is 2.14 bits per heavy atom. The lowest BCUT2D eigenvalue weighted by molar-refractivity contribution is 0.0696. The first kappa shape index (κ1) is 17.2. The van der Waals surface area contributed by atoms with Crippen molar-refractivity contribution in [1.82, 2.24) is 4.57 Å². The van der Waals surface area contributed by atoms with Crippen LogP contribution < -0.4 is 4.90 Å². The predicted molar refractivity (Wildman–Crippen MR) is 103 cm³/mol. The Bertz CT molecular complexity index is 950. The van der Waals surface area contributed by atoms with E-state index in [-0.39, 0.29) is 29.2 Å². The van der Waals surface area contributed by atoms with E-state index in [1.54, 1.807) is 12.1 Å². The van der Waals surface area contributed by atoms with E-state index in [1.807, 2.05) is 4.90 Å². The Kier molecular flexibility index (Phi) is 3.87. The molecule has 1 aromatic heterocycles. The molecule has 0 radical (unpaired) electrons. The summed E-state index contributed by atoms with van der Waals surface area (Å²) in [6, 6.07) is 5.01. The molecule has 6 rings (SSSR count). The fraction of sp³-hybridized carbons (Fsp3) is 0.381. The molecule has 4 aliphatic rings. The van der Waals surface area contributed by atoms with E-state index in [1.165, 1.54) is 10.6 Å². The third-order valence-electron chi connectivity index (χ3n) is 6.12. The lowest BCUT2D eigenvalue weighted by atomic mass is 9.73. The number of hydrogen-bond donors (Lipinski definition) is 3. The molecule has 0 amide bonds. The number of carboxylic acid groups (broad SMARTS) is 1. The Balaban J connectivity index is 1.62. The van der Waals surface area contributed by atoms with Crippen LogP contribution in [0.1, 0.15) is 46.2 Å². The van der Waals surface area contributed by atoms with Gasteiger partial charge in [-0.05, 0) is 31.0 Å². The second-order valence-electron chi connectivity index (χ2n) is 7.59. The van der Waals surface area contributed by atoms with Gasteiger partial charge < -0.3 is 25.0 Å². The Labute approximate surface area is 162 Å². The van der Waals surface area contributed by atoms with Crippen molar-refractivity contribution < 1.29 is 24.9 Å². The monoisotopic (exact) mass is 382 g/mol. The summed E-state index contributed by atoms with van der Waals surface area (Å²) in [4.78, 5) is 13.9. The van der Waals surface area contributed by atoms with Crippen LogP contribution in [-0.2, 0) is 4.74 Å². The molecular formula is C21H22N2O5. The number of anilines is 1. The number of aromatic nitrogens is 1. The minimum absolute atomic E-state index is 0.00186. The highest BCUT2D eigenvalue weighted by molar-refractivity contribution is 5.95. The highest BCUT2D eigenvalue weighted by Gasteiger charge is 2.38. The van der Waals surface area contributed by atoms with E-state index in [2.05, 4.69) is 12.2 Å². The standard InChI is InChI=1S/C21H22N2O5/c24-19-17-12-1-2-13(4-3-12)18(17)20(25)23(19)14-5-6-16(15(11-14)21(26)27)22-7-9-28-10-8-22/h1-2,5-6,11-13,24-25H,3-4,7-10H2,(H,26,27)/t12-,13+. The molecule has 0 unspecified atom stereocenters. The average Bonchev–Trinajstić information content (AvgIpc) is 3.02. The molecule has 0 spiro atoms. The maximum Gasteiger partial charge on any atom is 0.337 e. The van der Waals surface area contributed by atoms with Gasteiger partial charge in [-0.3, -0.25) is 4.57 Å². The van der Waals surface area contributed by atoms with Crippen molar-refractivity contribution in [3.05, 3.63) is 47.0 Å². The van der Waals surface area contributed by atoms with Crippen LogP contribution >= 0.6 is 0 Å². The second kappa shape index (κ2) is 6.31. The number of fused-ring (bicyclic) bond motifs is 1. The number of aromatic carboxylic acids is 1. The molecule has 7 nitrogen and oxygen atoms in total. The van der Waals surface area contributed by atoms with E-state index in [0.29, 0.717) is 37.7 Å². The van der Waals surface area contributed by atoms with Crippen molar-refractivity contribution in [1.29, 1.82) is 0 Å². The smallest absolute Gasteiger partial charge is 0.337 e. The fourth-order valence-electron chi connectivity index (χ4n) is 4.77. The third kappa shape index (κ3) is 2.43. The van der Waals surface area contributed by atoms with Crippen molar-refractivity contribution in [2.75, 3.05) is 31.2 Å². The second-order valence-corrected chi connectivity index (χ2v) is 7.59. The minimum atomic E-state index is -1.04. The first-order valence-corrected chi connectivity index (χ1v) is 9.61. The molecule has 3 aliphatic carbocycles. The molecule has 146 valence electrons. The molecule has 28 heavy (non-hydrogen) atoms. The Hall–Kier alpha value is -2.93. The largest absolute Gasteiger partial charge is 0.494 e. The van der Waals surface area contributed by atoms with Crippen LogP contribution in [0.4, 0.5) is 5.69 Å². The molecule has 1 aromatic carbocycles. The fourth-order valence-corrected chi connectivity index (χ4v) is 4.77. The van der Waals surface area contributed by atoms with Gasteiger partial charge >= 0.3 is 5.97 Å². The van der Waals surface area contributed by atoms with Gasteiger partial charge in [0.2, 0.25) is 11.8 Å². The first-order chi connectivity index (χ1) is 13.6. The maximum absolute atomic E-state index is 11.9. The van der Waals surface area contributed by atoms with Crippen molar-refractivity contribution >= 4 is 11.7 Å². The quantitative estimate of drug-likeness (QED) is 0.707. The number of aromatic hydroxyl groups is 2. The van der Waals surface area contributed by atoms with Gasteiger partial charge in [0, 0.05) is 36.1 Å². The van der Waals surface area contributed by atoms with Gasteiger partial charge in [-0.15, -0.1) is 0 Å². The Morgan fingerprint density at radius 1 is 1.00 bits per heavy atom. The van der Waals surface area contributed by atoms with Crippen LogP contribution in [0.25, 0.3) is 5.69 Å². The number of rotatable bonds is 3. The summed E-state index contributed by atoms with van der Waals surface area (Å²) in [5, 5.41) is 31.5. The van der Waals surface area contributed by atoms with Gasteiger partial charge in [0.05, 0.1) is 30.2 Å². The zero-order chi connectivity index (χ0) is 19.4. The lowest BCUT2D eigenvalue weighted by Gasteiger charge is -2.30. The number of nitrogens with zero attached hydrogens (tertiary/aromatic N) is 2. The average molecular weight is 382 g/mol. The van der Waals surface area contributed by atoms with Crippen LogP contribution in [-0.4, -0.2) is 52.2 Å². The van der Waals surface area contributed by atoms with Gasteiger partial charge in [-0.25, -0.2) is 4.79 Å². The molecule has 1 fully saturated rings. The highest BCUT2D eigenvalue weighted by Crippen LogP contribution is 2.54. The van der Waals surface area contributed by atoms with E-state index in [4.69, 9.17) is 4.74 Å². The number of allylic oxidation sites excluding steroid dienone is 2. The molecule has 2 atom stereocenters. The molecule has 3 N–H and O–H groups in total. The molecule has 1 saturated heterocycles. The topological polar surface area (TPSA) is 95.2 Å². The minimum Gasteiger partial charge on any atom is -0.494 e. The summed E-state index contributed by atoms with van der Waals surface area (Å²) in [6.07, 6.45) is 6.07. The van der Waals surface area contributed by atoms with Crippen molar-refractivity contribution in [3.8, 4) is 17.4 Å². The van der Waals surface area contributed by atoms with Gasteiger partial charge in [0.25, 0.3) is 0 Å². The van der Waals surface area contributed by atoms with E-state index in [0.717, 1.165) is 24.0 Å². The van der Waals surface area contributed by atoms with Gasteiger partial charge in [-0.2, -0.15) is 0 Å². The summed E-state index contributed by atoms with van der Waals surface area (Å²) in [5.74, 6) is -0.845. The van der Waals surface area contributed by atoms with Crippen molar-refractivity contribution in [2.45, 2.75) is 24.7 Å². The third-order valence-corrected chi connectivity index (χ3v) is 6.12. The SMILES string of the molecule is O=C(O)c1cc(-n2c(O)c3c(c2O)[C@H]2C=C[C@@H]3CC2)ccc1N1CCOCC1. The summed E-state index contributed by atoms with van der Waals surface area (Å²) >= 11 is 0. The van der Waals surface area contributed by atoms with Crippen LogP contribution in [0.2, 0.25) is 0 Å². The summed E-state index contributed by atoms with van der Waals surface area (Å²) in [5.41, 5.74) is 2.75. The number of ether oxygens (including phenoxy) is 1. The Morgan fingerprint density at radius 2 is 1.61 bits per heavy atom. The first-order valence-electron chi connectivity index (χ1n) is 9.61. The maximum atomic E-state index is 11.9.